The summed E-state index contributed by atoms with van der Waals surface area (Å²) in [6, 6.07) is 3.39. The van der Waals surface area contributed by atoms with E-state index in [9.17, 15) is 4.79 Å². The largest absolute Gasteiger partial charge is 0.465 e. The van der Waals surface area contributed by atoms with E-state index >= 15 is 0 Å². The zero-order valence-electron chi connectivity index (χ0n) is 7.31. The molecule has 14 heavy (non-hydrogen) atoms. The third kappa shape index (κ3) is 2.49. The molecule has 0 radical (unpaired) electrons. The van der Waals surface area contributed by atoms with Gasteiger partial charge < -0.3 is 4.74 Å². The number of carbonyl (C=O) groups is 1. The Morgan fingerprint density at radius 2 is 2.21 bits per heavy atom. The Kier molecular flexibility index (Phi) is 4.41. The van der Waals surface area contributed by atoms with Crippen LogP contribution in [0.2, 0.25) is 5.02 Å². The predicted octanol–water partition coefficient (Wildman–Crippen LogP) is 3.78. The van der Waals surface area contributed by atoms with Crippen LogP contribution in [0.4, 0.5) is 0 Å². The van der Waals surface area contributed by atoms with Gasteiger partial charge in [0.15, 0.2) is 0 Å². The molecule has 0 atom stereocenters. The second-order valence-corrected chi connectivity index (χ2v) is 4.37. The number of hydrogen-bond donors (Lipinski definition) is 0. The highest BCUT2D eigenvalue weighted by molar-refractivity contribution is 9.10. The smallest absolute Gasteiger partial charge is 0.338 e. The second kappa shape index (κ2) is 5.14. The van der Waals surface area contributed by atoms with E-state index in [1.165, 1.54) is 7.11 Å². The molecule has 0 aliphatic heterocycles. The summed E-state index contributed by atoms with van der Waals surface area (Å²) < 4.78 is 5.33. The highest BCUT2D eigenvalue weighted by Gasteiger charge is 2.13. The Morgan fingerprint density at radius 3 is 2.71 bits per heavy atom. The number of halogens is 3. The number of ether oxygens (including phenoxy) is 1. The van der Waals surface area contributed by atoms with Crippen molar-refractivity contribution in [3.05, 3.63) is 32.8 Å². The summed E-state index contributed by atoms with van der Waals surface area (Å²) in [7, 11) is 1.35. The van der Waals surface area contributed by atoms with Gasteiger partial charge in [-0.15, -0.1) is 0 Å². The van der Waals surface area contributed by atoms with Crippen molar-refractivity contribution in [2.45, 2.75) is 5.33 Å². The number of esters is 1. The molecular weight excluding hydrogens is 335 g/mol. The normalized spacial score (nSPS) is 10.0. The maximum absolute atomic E-state index is 11.3. The highest BCUT2D eigenvalue weighted by Crippen LogP contribution is 2.27. The fourth-order valence-corrected chi connectivity index (χ4v) is 1.99. The van der Waals surface area contributed by atoms with Crippen molar-refractivity contribution < 1.29 is 9.53 Å². The van der Waals surface area contributed by atoms with Gasteiger partial charge in [0.1, 0.15) is 0 Å². The van der Waals surface area contributed by atoms with Crippen LogP contribution in [-0.4, -0.2) is 13.1 Å². The van der Waals surface area contributed by atoms with Gasteiger partial charge in [-0.1, -0.05) is 27.5 Å². The minimum absolute atomic E-state index is 0.364. The first-order valence-electron chi connectivity index (χ1n) is 3.72. The number of hydrogen-bond acceptors (Lipinski definition) is 2. The van der Waals surface area contributed by atoms with Gasteiger partial charge in [-0.25, -0.2) is 4.79 Å². The third-order valence-electron chi connectivity index (χ3n) is 1.70. The number of alkyl halides is 1. The molecule has 0 bridgehead atoms. The molecule has 76 valence electrons. The lowest BCUT2D eigenvalue weighted by Crippen LogP contribution is -2.04. The summed E-state index contributed by atoms with van der Waals surface area (Å²) >= 11 is 12.4. The van der Waals surface area contributed by atoms with E-state index in [-0.39, 0.29) is 5.97 Å². The zero-order valence-corrected chi connectivity index (χ0v) is 11.2. The average Bonchev–Trinajstić information content (AvgIpc) is 2.20. The molecule has 0 saturated carbocycles. The summed E-state index contributed by atoms with van der Waals surface area (Å²) in [5.74, 6) is -0.364. The minimum Gasteiger partial charge on any atom is -0.465 e. The first-order chi connectivity index (χ1) is 6.60. The highest BCUT2D eigenvalue weighted by atomic mass is 79.9. The molecule has 0 saturated heterocycles. The second-order valence-electron chi connectivity index (χ2n) is 2.55. The third-order valence-corrected chi connectivity index (χ3v) is 3.50. The van der Waals surface area contributed by atoms with Crippen LogP contribution in [0.25, 0.3) is 0 Å². The molecule has 0 fully saturated rings. The van der Waals surface area contributed by atoms with Crippen molar-refractivity contribution in [1.82, 2.24) is 0 Å². The topological polar surface area (TPSA) is 26.3 Å². The van der Waals surface area contributed by atoms with Gasteiger partial charge in [-0.2, -0.15) is 0 Å². The van der Waals surface area contributed by atoms with Gasteiger partial charge in [-0.3, -0.25) is 0 Å². The predicted molar refractivity (Wildman–Crippen MR) is 63.1 cm³/mol. The van der Waals surface area contributed by atoms with Crippen molar-refractivity contribution in [3.63, 3.8) is 0 Å². The van der Waals surface area contributed by atoms with E-state index in [4.69, 9.17) is 11.6 Å². The Balaban J connectivity index is 3.27. The molecule has 0 spiro atoms. The van der Waals surface area contributed by atoms with Crippen LogP contribution in [-0.2, 0) is 10.1 Å². The molecule has 2 nitrogen and oxygen atoms in total. The Labute approximate surface area is 104 Å². The monoisotopic (exact) mass is 340 g/mol. The van der Waals surface area contributed by atoms with Crippen LogP contribution in [0.5, 0.6) is 0 Å². The fourth-order valence-electron chi connectivity index (χ4n) is 0.999. The Morgan fingerprint density at radius 1 is 1.57 bits per heavy atom. The van der Waals surface area contributed by atoms with Crippen LogP contribution in [0.15, 0.2) is 16.6 Å². The summed E-state index contributed by atoms with van der Waals surface area (Å²) in [5, 5.41) is 1.14. The maximum atomic E-state index is 11.3. The molecule has 0 aromatic heterocycles. The van der Waals surface area contributed by atoms with Crippen molar-refractivity contribution in [2.24, 2.45) is 0 Å². The molecule has 0 amide bonds. The Hall–Kier alpha value is -0.0600. The van der Waals surface area contributed by atoms with Gasteiger partial charge in [0.25, 0.3) is 0 Å². The van der Waals surface area contributed by atoms with E-state index < -0.39 is 0 Å². The average molecular weight is 342 g/mol. The standard InChI is InChI=1S/C9H7Br2ClO2/c1-14-9(13)6-3-7(11)8(12)2-5(6)4-10/h2-3H,4H2,1H3. The summed E-state index contributed by atoms with van der Waals surface area (Å²) in [4.78, 5) is 11.3. The van der Waals surface area contributed by atoms with Crippen LogP contribution in [0.3, 0.4) is 0 Å². The molecule has 0 aliphatic rings. The van der Waals surface area contributed by atoms with Gasteiger partial charge in [-0.05, 0) is 33.6 Å². The molecule has 1 aromatic carbocycles. The van der Waals surface area contributed by atoms with Gasteiger partial charge in [0.2, 0.25) is 0 Å². The summed E-state index contributed by atoms with van der Waals surface area (Å²) in [6.45, 7) is 0. The lowest BCUT2D eigenvalue weighted by atomic mass is 10.1. The fraction of sp³-hybridized carbons (Fsp3) is 0.222. The quantitative estimate of drug-likeness (QED) is 0.604. The van der Waals surface area contributed by atoms with Crippen molar-refractivity contribution >= 4 is 49.4 Å². The van der Waals surface area contributed by atoms with Gasteiger partial charge in [0, 0.05) is 9.80 Å². The van der Waals surface area contributed by atoms with E-state index in [0.717, 1.165) is 5.56 Å². The number of carbonyl (C=O) groups excluding carboxylic acids is 1. The van der Waals surface area contributed by atoms with Gasteiger partial charge in [0.05, 0.1) is 17.7 Å². The summed E-state index contributed by atoms with van der Waals surface area (Å²) in [6.07, 6.45) is 0. The van der Waals surface area contributed by atoms with Crippen LogP contribution >= 0.6 is 43.5 Å². The van der Waals surface area contributed by atoms with E-state index in [2.05, 4.69) is 36.6 Å². The number of methoxy groups -OCH3 is 1. The molecule has 1 aromatic rings. The van der Waals surface area contributed by atoms with Crippen molar-refractivity contribution in [3.8, 4) is 0 Å². The first kappa shape index (κ1) is 12.0. The molecule has 0 unspecified atom stereocenters. The molecule has 0 N–H and O–H groups in total. The lowest BCUT2D eigenvalue weighted by Gasteiger charge is -2.07. The molecule has 1 rings (SSSR count). The Bertz CT molecular complexity index is 366. The van der Waals surface area contributed by atoms with Gasteiger partial charge >= 0.3 is 5.97 Å². The van der Waals surface area contributed by atoms with E-state index in [1.54, 1.807) is 12.1 Å². The van der Waals surface area contributed by atoms with Crippen LogP contribution in [0.1, 0.15) is 15.9 Å². The molecule has 0 heterocycles. The van der Waals surface area contributed by atoms with Crippen molar-refractivity contribution in [1.29, 1.82) is 0 Å². The first-order valence-corrected chi connectivity index (χ1v) is 6.01. The maximum Gasteiger partial charge on any atom is 0.338 e. The molecule has 5 heteroatoms. The zero-order chi connectivity index (χ0) is 10.7. The summed E-state index contributed by atoms with van der Waals surface area (Å²) in [5.41, 5.74) is 1.32. The van der Waals surface area contributed by atoms with E-state index in [0.29, 0.717) is 20.4 Å². The lowest BCUT2D eigenvalue weighted by molar-refractivity contribution is 0.0600. The van der Waals surface area contributed by atoms with Crippen molar-refractivity contribution in [2.75, 3.05) is 7.11 Å². The van der Waals surface area contributed by atoms with Crippen LogP contribution < -0.4 is 0 Å². The van der Waals surface area contributed by atoms with E-state index in [1.807, 2.05) is 0 Å². The van der Waals surface area contributed by atoms with Crippen LogP contribution in [0, 0.1) is 0 Å². The number of benzene rings is 1. The number of rotatable bonds is 2. The molecule has 0 aliphatic carbocycles. The SMILES string of the molecule is COC(=O)c1cc(Br)c(Cl)cc1CBr. The minimum atomic E-state index is -0.364. The molecular formula is C9H7Br2ClO2.